The summed E-state index contributed by atoms with van der Waals surface area (Å²) in [6, 6.07) is 4.86. The van der Waals surface area contributed by atoms with Crippen LogP contribution < -0.4 is 10.4 Å². The maximum Gasteiger partial charge on any atom is 0.339 e. The van der Waals surface area contributed by atoms with E-state index in [1.807, 2.05) is 11.8 Å². The summed E-state index contributed by atoms with van der Waals surface area (Å²) in [5, 5.41) is 4.22. The molecule has 0 N–H and O–H groups in total. The Labute approximate surface area is 139 Å². The van der Waals surface area contributed by atoms with Crippen LogP contribution in [0.1, 0.15) is 34.8 Å². The Kier molecular flexibility index (Phi) is 4.42. The fourth-order valence-corrected chi connectivity index (χ4v) is 2.99. The molecule has 0 saturated carbocycles. The molecular formula is C17H21N3O4. The predicted molar refractivity (Wildman–Crippen MR) is 87.2 cm³/mol. The molecule has 1 amide bonds. The lowest BCUT2D eigenvalue weighted by Gasteiger charge is -2.32. The van der Waals surface area contributed by atoms with E-state index in [2.05, 4.69) is 5.10 Å². The molecule has 3 heterocycles. The fourth-order valence-electron chi connectivity index (χ4n) is 2.99. The van der Waals surface area contributed by atoms with E-state index in [4.69, 9.17) is 9.15 Å². The first kappa shape index (κ1) is 16.3. The number of piperidine rings is 1. The van der Waals surface area contributed by atoms with E-state index in [0.717, 1.165) is 18.5 Å². The van der Waals surface area contributed by atoms with Gasteiger partial charge >= 0.3 is 5.63 Å². The van der Waals surface area contributed by atoms with Crippen LogP contribution in [0, 0.1) is 13.8 Å². The number of hydrogen-bond acceptors (Lipinski definition) is 5. The lowest BCUT2D eigenvalue weighted by Crippen LogP contribution is -2.42. The molecule has 0 spiro atoms. The van der Waals surface area contributed by atoms with Crippen LogP contribution >= 0.6 is 0 Å². The Bertz CT molecular complexity index is 800. The molecule has 24 heavy (non-hydrogen) atoms. The zero-order chi connectivity index (χ0) is 17.3. The minimum Gasteiger partial charge on any atom is -0.490 e. The summed E-state index contributed by atoms with van der Waals surface area (Å²) in [5.74, 6) is 1.04. The van der Waals surface area contributed by atoms with Crippen molar-refractivity contribution in [1.82, 2.24) is 14.7 Å². The first-order chi connectivity index (χ1) is 11.4. The Morgan fingerprint density at radius 1 is 1.25 bits per heavy atom. The SMILES string of the molecule is Cc1cc(C(=O)N2CCC(Oc3cc(C)oc(=O)c3)CC2)n(C)n1. The normalized spacial score (nSPS) is 15.5. The average molecular weight is 331 g/mol. The molecule has 0 radical (unpaired) electrons. The molecule has 0 aliphatic carbocycles. The van der Waals surface area contributed by atoms with Gasteiger partial charge in [0.1, 0.15) is 23.3 Å². The third-order valence-corrected chi connectivity index (χ3v) is 4.12. The number of nitrogens with zero attached hydrogens (tertiary/aromatic N) is 3. The van der Waals surface area contributed by atoms with Gasteiger partial charge in [-0.05, 0) is 19.9 Å². The van der Waals surface area contributed by atoms with Gasteiger partial charge in [-0.2, -0.15) is 5.10 Å². The number of hydrogen-bond donors (Lipinski definition) is 0. The quantitative estimate of drug-likeness (QED) is 0.855. The van der Waals surface area contributed by atoms with Crippen LogP contribution in [0.3, 0.4) is 0 Å². The van der Waals surface area contributed by atoms with Crippen molar-refractivity contribution in [2.75, 3.05) is 13.1 Å². The highest BCUT2D eigenvalue weighted by Crippen LogP contribution is 2.20. The van der Waals surface area contributed by atoms with Crippen molar-refractivity contribution >= 4 is 5.91 Å². The van der Waals surface area contributed by atoms with Crippen molar-refractivity contribution in [3.63, 3.8) is 0 Å². The highest BCUT2D eigenvalue weighted by atomic mass is 16.5. The van der Waals surface area contributed by atoms with Crippen LogP contribution in [0.2, 0.25) is 0 Å². The Hall–Kier alpha value is -2.57. The maximum atomic E-state index is 12.6. The number of rotatable bonds is 3. The number of likely N-dealkylation sites (tertiary alicyclic amines) is 1. The van der Waals surface area contributed by atoms with Crippen LogP contribution in [0.25, 0.3) is 0 Å². The first-order valence-electron chi connectivity index (χ1n) is 8.01. The van der Waals surface area contributed by atoms with Crippen LogP contribution in [0.5, 0.6) is 5.75 Å². The zero-order valence-electron chi connectivity index (χ0n) is 14.1. The van der Waals surface area contributed by atoms with E-state index in [0.29, 0.717) is 30.3 Å². The van der Waals surface area contributed by atoms with Crippen molar-refractivity contribution in [1.29, 1.82) is 0 Å². The minimum absolute atomic E-state index is 0.00671. The van der Waals surface area contributed by atoms with E-state index in [-0.39, 0.29) is 12.0 Å². The molecule has 0 unspecified atom stereocenters. The van der Waals surface area contributed by atoms with E-state index in [1.54, 1.807) is 30.8 Å². The Balaban J connectivity index is 1.60. The van der Waals surface area contributed by atoms with Crippen molar-refractivity contribution in [2.45, 2.75) is 32.8 Å². The number of ether oxygens (including phenoxy) is 1. The number of carbonyl (C=O) groups excluding carboxylic acids is 1. The van der Waals surface area contributed by atoms with Crippen LogP contribution in [-0.2, 0) is 7.05 Å². The molecule has 1 saturated heterocycles. The molecule has 0 atom stereocenters. The summed E-state index contributed by atoms with van der Waals surface area (Å²) in [5.41, 5.74) is 1.02. The van der Waals surface area contributed by atoms with Crippen LogP contribution in [0.15, 0.2) is 27.4 Å². The van der Waals surface area contributed by atoms with E-state index in [1.165, 1.54) is 6.07 Å². The third kappa shape index (κ3) is 3.50. The summed E-state index contributed by atoms with van der Waals surface area (Å²) < 4.78 is 12.4. The Morgan fingerprint density at radius 3 is 2.54 bits per heavy atom. The van der Waals surface area contributed by atoms with Gasteiger partial charge in [0.05, 0.1) is 11.8 Å². The number of aromatic nitrogens is 2. The van der Waals surface area contributed by atoms with Crippen molar-refractivity contribution < 1.29 is 13.9 Å². The van der Waals surface area contributed by atoms with Crippen molar-refractivity contribution in [2.24, 2.45) is 7.05 Å². The molecule has 0 bridgehead atoms. The molecule has 1 fully saturated rings. The summed E-state index contributed by atoms with van der Waals surface area (Å²) in [7, 11) is 1.78. The van der Waals surface area contributed by atoms with Crippen LogP contribution in [0.4, 0.5) is 0 Å². The van der Waals surface area contributed by atoms with E-state index in [9.17, 15) is 9.59 Å². The summed E-state index contributed by atoms with van der Waals surface area (Å²) in [6.07, 6.45) is 1.44. The van der Waals surface area contributed by atoms with Gasteiger partial charge in [-0.15, -0.1) is 0 Å². The minimum atomic E-state index is -0.413. The topological polar surface area (TPSA) is 77.6 Å². The maximum absolute atomic E-state index is 12.6. The van der Waals surface area contributed by atoms with Gasteiger partial charge in [0.25, 0.3) is 5.91 Å². The average Bonchev–Trinajstić information content (AvgIpc) is 2.85. The van der Waals surface area contributed by atoms with Gasteiger partial charge in [0.2, 0.25) is 0 Å². The second-order valence-electron chi connectivity index (χ2n) is 6.13. The van der Waals surface area contributed by atoms with Gasteiger partial charge in [-0.3, -0.25) is 9.48 Å². The molecule has 128 valence electrons. The lowest BCUT2D eigenvalue weighted by molar-refractivity contribution is 0.0584. The number of carbonyl (C=O) groups is 1. The standard InChI is InChI=1S/C17H21N3O4/c1-11-8-15(19(3)18-11)17(22)20-6-4-13(5-7-20)24-14-9-12(2)23-16(21)10-14/h8-10,13H,4-7H2,1-3H3. The Morgan fingerprint density at radius 2 is 1.96 bits per heavy atom. The first-order valence-corrected chi connectivity index (χ1v) is 8.01. The smallest absolute Gasteiger partial charge is 0.339 e. The van der Waals surface area contributed by atoms with Gasteiger partial charge in [0.15, 0.2) is 0 Å². The van der Waals surface area contributed by atoms with Gasteiger partial charge in [0, 0.05) is 39.0 Å². The van der Waals surface area contributed by atoms with E-state index < -0.39 is 5.63 Å². The molecule has 1 aliphatic rings. The van der Waals surface area contributed by atoms with Crippen LogP contribution in [-0.4, -0.2) is 39.8 Å². The second-order valence-corrected chi connectivity index (χ2v) is 6.13. The number of aryl methyl sites for hydroxylation is 3. The molecule has 0 aromatic carbocycles. The monoisotopic (exact) mass is 331 g/mol. The van der Waals surface area contributed by atoms with Gasteiger partial charge < -0.3 is 14.1 Å². The zero-order valence-corrected chi connectivity index (χ0v) is 14.1. The molecule has 2 aromatic heterocycles. The molecule has 7 nitrogen and oxygen atoms in total. The molecule has 1 aliphatic heterocycles. The lowest BCUT2D eigenvalue weighted by atomic mass is 10.1. The predicted octanol–water partition coefficient (Wildman–Crippen LogP) is 1.67. The molecule has 3 rings (SSSR count). The van der Waals surface area contributed by atoms with Crippen molar-refractivity contribution in [3.8, 4) is 5.75 Å². The van der Waals surface area contributed by atoms with E-state index >= 15 is 0 Å². The highest BCUT2D eigenvalue weighted by molar-refractivity contribution is 5.92. The van der Waals surface area contributed by atoms with Crippen molar-refractivity contribution in [3.05, 3.63) is 45.8 Å². The fraction of sp³-hybridized carbons (Fsp3) is 0.471. The molecule has 2 aromatic rings. The third-order valence-electron chi connectivity index (χ3n) is 4.12. The van der Waals surface area contributed by atoms with Gasteiger partial charge in [-0.1, -0.05) is 0 Å². The largest absolute Gasteiger partial charge is 0.490 e. The number of amides is 1. The summed E-state index contributed by atoms with van der Waals surface area (Å²) in [4.78, 5) is 25.8. The van der Waals surface area contributed by atoms with Gasteiger partial charge in [-0.25, -0.2) is 4.79 Å². The second kappa shape index (κ2) is 6.51. The highest BCUT2D eigenvalue weighted by Gasteiger charge is 2.26. The molecule has 7 heteroatoms. The summed E-state index contributed by atoms with van der Waals surface area (Å²) >= 11 is 0. The molecular weight excluding hydrogens is 310 g/mol. The summed E-state index contributed by atoms with van der Waals surface area (Å²) in [6.45, 7) is 4.82.